The Labute approximate surface area is 125 Å². The van der Waals surface area contributed by atoms with E-state index in [1.165, 1.54) is 6.07 Å². The van der Waals surface area contributed by atoms with E-state index in [2.05, 4.69) is 37.7 Å². The van der Waals surface area contributed by atoms with E-state index in [1.54, 1.807) is 18.3 Å². The number of benzene rings is 1. The summed E-state index contributed by atoms with van der Waals surface area (Å²) in [5.41, 5.74) is 0.872. The molecule has 0 unspecified atom stereocenters. The third-order valence-electron chi connectivity index (χ3n) is 2.86. The number of rotatable bonds is 6. The molecule has 20 heavy (non-hydrogen) atoms. The molecule has 1 N–H and O–H groups in total. The third-order valence-corrected chi connectivity index (χ3v) is 3.50. The maximum absolute atomic E-state index is 10.7. The Kier molecular flexibility index (Phi) is 4.73. The molecule has 0 saturated carbocycles. The standard InChI is InChI=1S/C13H15BrN4O2/c1-2-6-17-7-5-15-13(17)9-16-10-3-4-12(18(19)20)11(14)8-10/h3-5,7-8,16H,2,6,9H2,1H3. The molecule has 1 aromatic carbocycles. The van der Waals surface area contributed by atoms with Crippen LogP contribution in [0.2, 0.25) is 0 Å². The van der Waals surface area contributed by atoms with Crippen molar-refractivity contribution in [3.05, 3.63) is 51.0 Å². The summed E-state index contributed by atoms with van der Waals surface area (Å²) >= 11 is 3.20. The van der Waals surface area contributed by atoms with Gasteiger partial charge in [-0.3, -0.25) is 10.1 Å². The van der Waals surface area contributed by atoms with E-state index in [4.69, 9.17) is 0 Å². The summed E-state index contributed by atoms with van der Waals surface area (Å²) in [6, 6.07) is 4.87. The highest BCUT2D eigenvalue weighted by atomic mass is 79.9. The first-order chi connectivity index (χ1) is 9.61. The number of imidazole rings is 1. The number of halogens is 1. The Bertz CT molecular complexity index is 612. The van der Waals surface area contributed by atoms with Gasteiger partial charge >= 0.3 is 0 Å². The van der Waals surface area contributed by atoms with Crippen molar-refractivity contribution in [1.82, 2.24) is 9.55 Å². The molecule has 0 bridgehead atoms. The largest absolute Gasteiger partial charge is 0.378 e. The number of aryl methyl sites for hydroxylation is 1. The van der Waals surface area contributed by atoms with Crippen LogP contribution >= 0.6 is 15.9 Å². The first kappa shape index (κ1) is 14.5. The molecule has 6 nitrogen and oxygen atoms in total. The second-order valence-electron chi connectivity index (χ2n) is 4.31. The minimum Gasteiger partial charge on any atom is -0.378 e. The predicted octanol–water partition coefficient (Wildman–Crippen LogP) is 3.58. The minimum atomic E-state index is -0.415. The van der Waals surface area contributed by atoms with E-state index < -0.39 is 4.92 Å². The molecule has 1 heterocycles. The summed E-state index contributed by atoms with van der Waals surface area (Å²) in [5.74, 6) is 0.946. The Morgan fingerprint density at radius 3 is 2.95 bits per heavy atom. The second-order valence-corrected chi connectivity index (χ2v) is 5.17. The fraction of sp³-hybridized carbons (Fsp3) is 0.308. The van der Waals surface area contributed by atoms with Crippen LogP contribution in [0.1, 0.15) is 19.2 Å². The zero-order valence-corrected chi connectivity index (χ0v) is 12.6. The van der Waals surface area contributed by atoms with Crippen LogP contribution < -0.4 is 5.32 Å². The molecule has 0 saturated heterocycles. The molecule has 0 radical (unpaired) electrons. The highest BCUT2D eigenvalue weighted by Crippen LogP contribution is 2.27. The summed E-state index contributed by atoms with van der Waals surface area (Å²) in [6.07, 6.45) is 4.77. The first-order valence-corrected chi connectivity index (χ1v) is 7.09. The monoisotopic (exact) mass is 338 g/mol. The van der Waals surface area contributed by atoms with Gasteiger partial charge in [0, 0.05) is 30.7 Å². The normalized spacial score (nSPS) is 10.5. The number of nitrogens with zero attached hydrogens (tertiary/aromatic N) is 3. The van der Waals surface area contributed by atoms with Crippen molar-refractivity contribution < 1.29 is 4.92 Å². The highest BCUT2D eigenvalue weighted by Gasteiger charge is 2.11. The quantitative estimate of drug-likeness (QED) is 0.645. The fourth-order valence-electron chi connectivity index (χ4n) is 1.90. The zero-order valence-electron chi connectivity index (χ0n) is 11.0. The van der Waals surface area contributed by atoms with Gasteiger partial charge in [0.25, 0.3) is 5.69 Å². The molecule has 106 valence electrons. The molecular formula is C13H15BrN4O2. The number of aromatic nitrogens is 2. The summed E-state index contributed by atoms with van der Waals surface area (Å²) < 4.78 is 2.55. The SMILES string of the molecule is CCCn1ccnc1CNc1ccc([N+](=O)[O-])c(Br)c1. The molecule has 2 rings (SSSR count). The molecule has 7 heteroatoms. The topological polar surface area (TPSA) is 73.0 Å². The van der Waals surface area contributed by atoms with Crippen molar-refractivity contribution in [2.24, 2.45) is 0 Å². The zero-order chi connectivity index (χ0) is 14.5. The van der Waals surface area contributed by atoms with Crippen LogP contribution in [0.15, 0.2) is 35.1 Å². The minimum absolute atomic E-state index is 0.0584. The van der Waals surface area contributed by atoms with Gasteiger partial charge in [-0.05, 0) is 34.5 Å². The van der Waals surface area contributed by atoms with Crippen LogP contribution in [0.25, 0.3) is 0 Å². The lowest BCUT2D eigenvalue weighted by Crippen LogP contribution is -2.08. The average molecular weight is 339 g/mol. The summed E-state index contributed by atoms with van der Waals surface area (Å²) in [4.78, 5) is 14.6. The van der Waals surface area contributed by atoms with Gasteiger partial charge in [0.2, 0.25) is 0 Å². The smallest absolute Gasteiger partial charge is 0.283 e. The van der Waals surface area contributed by atoms with Gasteiger partial charge < -0.3 is 9.88 Å². The van der Waals surface area contributed by atoms with Gasteiger partial charge in [-0.15, -0.1) is 0 Å². The fourth-order valence-corrected chi connectivity index (χ4v) is 2.42. The number of nitrogens with one attached hydrogen (secondary N) is 1. The lowest BCUT2D eigenvalue weighted by Gasteiger charge is -2.09. The van der Waals surface area contributed by atoms with Crippen molar-refractivity contribution >= 4 is 27.3 Å². The Morgan fingerprint density at radius 2 is 2.30 bits per heavy atom. The molecule has 0 fully saturated rings. The van der Waals surface area contributed by atoms with Crippen LogP contribution in [0, 0.1) is 10.1 Å². The van der Waals surface area contributed by atoms with Gasteiger partial charge in [-0.1, -0.05) is 6.92 Å². The summed E-state index contributed by atoms with van der Waals surface area (Å²) in [6.45, 7) is 3.63. The van der Waals surface area contributed by atoms with Crippen molar-refractivity contribution in [1.29, 1.82) is 0 Å². The Morgan fingerprint density at radius 1 is 1.50 bits per heavy atom. The lowest BCUT2D eigenvalue weighted by atomic mass is 10.3. The second kappa shape index (κ2) is 6.51. The van der Waals surface area contributed by atoms with Crippen LogP contribution in [-0.4, -0.2) is 14.5 Å². The summed E-state index contributed by atoms with van der Waals surface area (Å²) in [5, 5.41) is 14.0. The van der Waals surface area contributed by atoms with E-state index in [0.717, 1.165) is 24.5 Å². The van der Waals surface area contributed by atoms with Crippen LogP contribution in [0.4, 0.5) is 11.4 Å². The maximum Gasteiger partial charge on any atom is 0.283 e. The third kappa shape index (κ3) is 3.36. The van der Waals surface area contributed by atoms with E-state index in [-0.39, 0.29) is 5.69 Å². The van der Waals surface area contributed by atoms with Crippen molar-refractivity contribution in [3.8, 4) is 0 Å². The molecule has 0 atom stereocenters. The highest BCUT2D eigenvalue weighted by molar-refractivity contribution is 9.10. The van der Waals surface area contributed by atoms with E-state index in [9.17, 15) is 10.1 Å². The molecular weight excluding hydrogens is 324 g/mol. The molecule has 2 aromatic rings. The number of nitro groups is 1. The molecule has 0 aliphatic carbocycles. The average Bonchev–Trinajstić information content (AvgIpc) is 2.84. The molecule has 0 spiro atoms. The van der Waals surface area contributed by atoms with Crippen LogP contribution in [0.5, 0.6) is 0 Å². The number of hydrogen-bond donors (Lipinski definition) is 1. The molecule has 0 aliphatic heterocycles. The molecule has 0 aliphatic rings. The van der Waals surface area contributed by atoms with Crippen LogP contribution in [0.3, 0.4) is 0 Å². The van der Waals surface area contributed by atoms with Crippen LogP contribution in [-0.2, 0) is 13.1 Å². The molecule has 0 amide bonds. The van der Waals surface area contributed by atoms with E-state index in [0.29, 0.717) is 11.0 Å². The van der Waals surface area contributed by atoms with Crippen molar-refractivity contribution in [3.63, 3.8) is 0 Å². The van der Waals surface area contributed by atoms with Gasteiger partial charge in [0.1, 0.15) is 5.82 Å². The predicted molar refractivity (Wildman–Crippen MR) is 80.6 cm³/mol. The molecule has 1 aromatic heterocycles. The Balaban J connectivity index is 2.05. The number of hydrogen-bond acceptors (Lipinski definition) is 4. The van der Waals surface area contributed by atoms with Gasteiger partial charge in [0.15, 0.2) is 0 Å². The first-order valence-electron chi connectivity index (χ1n) is 6.29. The lowest BCUT2D eigenvalue weighted by molar-refractivity contribution is -0.385. The van der Waals surface area contributed by atoms with E-state index >= 15 is 0 Å². The summed E-state index contributed by atoms with van der Waals surface area (Å²) in [7, 11) is 0. The Hall–Kier alpha value is -1.89. The van der Waals surface area contributed by atoms with Gasteiger partial charge in [0.05, 0.1) is 15.9 Å². The van der Waals surface area contributed by atoms with Crippen molar-refractivity contribution in [2.75, 3.05) is 5.32 Å². The van der Waals surface area contributed by atoms with E-state index in [1.807, 2.05) is 6.20 Å². The number of nitro benzene ring substituents is 1. The number of anilines is 1. The van der Waals surface area contributed by atoms with Gasteiger partial charge in [-0.25, -0.2) is 4.98 Å². The van der Waals surface area contributed by atoms with Gasteiger partial charge in [-0.2, -0.15) is 0 Å². The van der Waals surface area contributed by atoms with Crippen molar-refractivity contribution in [2.45, 2.75) is 26.4 Å². The maximum atomic E-state index is 10.7.